The highest BCUT2D eigenvalue weighted by molar-refractivity contribution is 7.10. The Balaban J connectivity index is 1.56. The van der Waals surface area contributed by atoms with Gasteiger partial charge < -0.3 is 20.6 Å². The van der Waals surface area contributed by atoms with Crippen molar-refractivity contribution in [3.63, 3.8) is 0 Å². The van der Waals surface area contributed by atoms with Crippen LogP contribution in [0.15, 0.2) is 47.8 Å². The van der Waals surface area contributed by atoms with Crippen molar-refractivity contribution >= 4 is 23.3 Å². The summed E-state index contributed by atoms with van der Waals surface area (Å²) in [7, 11) is 0. The number of hydrogen-bond donors (Lipinski definition) is 3. The summed E-state index contributed by atoms with van der Waals surface area (Å²) in [5, 5.41) is 19.4. The zero-order valence-electron chi connectivity index (χ0n) is 17.9. The van der Waals surface area contributed by atoms with Gasteiger partial charge in [0.15, 0.2) is 0 Å². The molecule has 2 aliphatic rings. The van der Waals surface area contributed by atoms with Gasteiger partial charge in [0.05, 0.1) is 17.7 Å². The van der Waals surface area contributed by atoms with Crippen molar-refractivity contribution in [1.29, 1.82) is 0 Å². The first-order chi connectivity index (χ1) is 15.0. The van der Waals surface area contributed by atoms with Crippen LogP contribution in [0, 0.1) is 5.92 Å². The molecule has 1 saturated carbocycles. The molecule has 1 saturated heterocycles. The quantitative estimate of drug-likeness (QED) is 0.660. The standard InChI is InChI=1S/C24H31N3O3S/c1-24(30)13-14-27(23(29)25-16-17-8-3-2-4-9-17)20(19-12-7-15-31-19)21(24)26-22(28)18-10-5-6-11-18/h2-4,7-9,12,15,18,20-21,30H,5-6,10-11,13-14,16H2,1H3,(H,25,29)(H,26,28)/t20-,21-,24+/m0/s1. The van der Waals surface area contributed by atoms with Gasteiger partial charge in [-0.2, -0.15) is 0 Å². The van der Waals surface area contributed by atoms with Gasteiger partial charge in [-0.25, -0.2) is 4.79 Å². The molecule has 1 aliphatic heterocycles. The summed E-state index contributed by atoms with van der Waals surface area (Å²) >= 11 is 1.54. The molecule has 1 aromatic heterocycles. The third-order valence-corrected chi connectivity index (χ3v) is 7.53. The van der Waals surface area contributed by atoms with Gasteiger partial charge in [0.25, 0.3) is 0 Å². The summed E-state index contributed by atoms with van der Waals surface area (Å²) in [6.07, 6.45) is 4.34. The van der Waals surface area contributed by atoms with Gasteiger partial charge in [-0.15, -0.1) is 11.3 Å². The fourth-order valence-corrected chi connectivity index (χ4v) is 5.61. The van der Waals surface area contributed by atoms with Crippen LogP contribution in [0.1, 0.15) is 55.5 Å². The zero-order valence-corrected chi connectivity index (χ0v) is 18.7. The Morgan fingerprint density at radius 2 is 1.90 bits per heavy atom. The van der Waals surface area contributed by atoms with Crippen molar-refractivity contribution in [2.75, 3.05) is 6.54 Å². The van der Waals surface area contributed by atoms with Crippen LogP contribution in [0.25, 0.3) is 0 Å². The van der Waals surface area contributed by atoms with Gasteiger partial charge in [0.2, 0.25) is 5.91 Å². The second-order valence-corrected chi connectivity index (χ2v) is 9.85. The van der Waals surface area contributed by atoms with E-state index >= 15 is 0 Å². The third-order valence-electron chi connectivity index (χ3n) is 6.59. The van der Waals surface area contributed by atoms with Crippen molar-refractivity contribution in [2.45, 2.75) is 63.3 Å². The molecule has 1 aliphatic carbocycles. The first-order valence-corrected chi connectivity index (χ1v) is 12.0. The van der Waals surface area contributed by atoms with Crippen LogP contribution in [0.2, 0.25) is 0 Å². The van der Waals surface area contributed by atoms with Crippen molar-refractivity contribution in [1.82, 2.24) is 15.5 Å². The van der Waals surface area contributed by atoms with Crippen LogP contribution in [-0.2, 0) is 11.3 Å². The Morgan fingerprint density at radius 3 is 2.58 bits per heavy atom. The zero-order chi connectivity index (χ0) is 21.8. The van der Waals surface area contributed by atoms with E-state index in [0.29, 0.717) is 19.5 Å². The molecule has 0 bridgehead atoms. The van der Waals surface area contributed by atoms with Crippen molar-refractivity contribution in [3.8, 4) is 0 Å². The first-order valence-electron chi connectivity index (χ1n) is 11.1. The molecule has 31 heavy (non-hydrogen) atoms. The molecule has 0 radical (unpaired) electrons. The number of benzene rings is 1. The number of carbonyl (C=O) groups excluding carboxylic acids is 2. The molecule has 166 valence electrons. The number of amides is 3. The van der Waals surface area contributed by atoms with Crippen molar-refractivity contribution in [2.24, 2.45) is 5.92 Å². The molecule has 1 aromatic carbocycles. The minimum Gasteiger partial charge on any atom is -0.388 e. The topological polar surface area (TPSA) is 81.7 Å². The van der Waals surface area contributed by atoms with Gasteiger partial charge in [-0.1, -0.05) is 49.2 Å². The molecule has 0 spiro atoms. The molecular weight excluding hydrogens is 410 g/mol. The second-order valence-electron chi connectivity index (χ2n) is 8.87. The number of urea groups is 1. The van der Waals surface area contributed by atoms with E-state index < -0.39 is 17.7 Å². The third kappa shape index (κ3) is 4.93. The highest BCUT2D eigenvalue weighted by Crippen LogP contribution is 2.39. The number of piperidine rings is 1. The number of likely N-dealkylation sites (tertiary alicyclic amines) is 1. The van der Waals surface area contributed by atoms with Gasteiger partial charge in [0.1, 0.15) is 0 Å². The van der Waals surface area contributed by atoms with E-state index in [9.17, 15) is 14.7 Å². The first kappa shape index (κ1) is 21.8. The Bertz CT molecular complexity index is 879. The lowest BCUT2D eigenvalue weighted by molar-refractivity contribution is -0.131. The maximum atomic E-state index is 13.2. The number of aliphatic hydroxyl groups is 1. The highest BCUT2D eigenvalue weighted by atomic mass is 32.1. The van der Waals surface area contributed by atoms with E-state index in [1.165, 1.54) is 0 Å². The molecular formula is C24H31N3O3S. The maximum absolute atomic E-state index is 13.2. The van der Waals surface area contributed by atoms with E-state index in [4.69, 9.17) is 0 Å². The van der Waals surface area contributed by atoms with Crippen LogP contribution < -0.4 is 10.6 Å². The fourth-order valence-electron chi connectivity index (χ4n) is 4.74. The molecule has 3 atom stereocenters. The Kier molecular flexibility index (Phi) is 6.62. The van der Waals surface area contributed by atoms with Crippen LogP contribution in [0.3, 0.4) is 0 Å². The SMILES string of the molecule is C[C@@]1(O)CCN(C(=O)NCc2ccccc2)[C@@H](c2cccs2)[C@@H]1NC(=O)C1CCCC1. The fraction of sp³-hybridized carbons (Fsp3) is 0.500. The number of carbonyl (C=O) groups is 2. The number of hydrogen-bond acceptors (Lipinski definition) is 4. The molecule has 2 aromatic rings. The van der Waals surface area contributed by atoms with Gasteiger partial charge in [0, 0.05) is 23.9 Å². The van der Waals surface area contributed by atoms with E-state index in [2.05, 4.69) is 10.6 Å². The number of thiophene rings is 1. The predicted molar refractivity (Wildman–Crippen MR) is 122 cm³/mol. The monoisotopic (exact) mass is 441 g/mol. The van der Waals surface area contributed by atoms with E-state index in [-0.39, 0.29) is 17.9 Å². The normalized spacial score (nSPS) is 26.6. The molecule has 0 unspecified atom stereocenters. The molecule has 7 heteroatoms. The summed E-state index contributed by atoms with van der Waals surface area (Å²) in [6, 6.07) is 12.6. The lowest BCUT2D eigenvalue weighted by atomic mass is 9.81. The molecule has 6 nitrogen and oxygen atoms in total. The number of nitrogens with one attached hydrogen (secondary N) is 2. The summed E-state index contributed by atoms with van der Waals surface area (Å²) in [5.74, 6) is -0.00190. The summed E-state index contributed by atoms with van der Waals surface area (Å²) < 4.78 is 0. The Labute approximate surface area is 187 Å². The second kappa shape index (κ2) is 9.40. The van der Waals surface area contributed by atoms with Crippen LogP contribution in [0.4, 0.5) is 4.79 Å². The minimum atomic E-state index is -1.10. The Morgan fingerprint density at radius 1 is 1.16 bits per heavy atom. The molecule has 3 amide bonds. The smallest absolute Gasteiger partial charge is 0.318 e. The number of rotatable bonds is 5. The summed E-state index contributed by atoms with van der Waals surface area (Å²) in [5.41, 5.74) is -0.0716. The van der Waals surface area contributed by atoms with E-state index in [1.807, 2.05) is 47.8 Å². The average Bonchev–Trinajstić information content (AvgIpc) is 3.48. The Hall–Kier alpha value is -2.38. The molecule has 3 N–H and O–H groups in total. The van der Waals surface area contributed by atoms with E-state index in [1.54, 1.807) is 23.2 Å². The maximum Gasteiger partial charge on any atom is 0.318 e. The molecule has 4 rings (SSSR count). The number of nitrogens with zero attached hydrogens (tertiary/aromatic N) is 1. The lowest BCUT2D eigenvalue weighted by Gasteiger charge is -2.48. The summed E-state index contributed by atoms with van der Waals surface area (Å²) in [6.45, 7) is 2.63. The van der Waals surface area contributed by atoms with Crippen molar-refractivity contribution < 1.29 is 14.7 Å². The van der Waals surface area contributed by atoms with Crippen molar-refractivity contribution in [3.05, 3.63) is 58.3 Å². The average molecular weight is 442 g/mol. The predicted octanol–water partition coefficient (Wildman–Crippen LogP) is 3.83. The van der Waals surface area contributed by atoms with Crippen LogP contribution in [0.5, 0.6) is 0 Å². The van der Waals surface area contributed by atoms with Crippen LogP contribution >= 0.6 is 11.3 Å². The van der Waals surface area contributed by atoms with E-state index in [0.717, 1.165) is 36.1 Å². The molecule has 2 fully saturated rings. The van der Waals surface area contributed by atoms with Crippen LogP contribution in [-0.4, -0.2) is 40.1 Å². The summed E-state index contributed by atoms with van der Waals surface area (Å²) in [4.78, 5) is 28.9. The molecule has 2 heterocycles. The van der Waals surface area contributed by atoms with Gasteiger partial charge in [-0.3, -0.25) is 4.79 Å². The minimum absolute atomic E-state index is 0.00192. The largest absolute Gasteiger partial charge is 0.388 e. The lowest BCUT2D eigenvalue weighted by Crippen LogP contribution is -2.64. The van der Waals surface area contributed by atoms with Gasteiger partial charge >= 0.3 is 6.03 Å². The van der Waals surface area contributed by atoms with Gasteiger partial charge in [-0.05, 0) is 43.2 Å². The highest BCUT2D eigenvalue weighted by Gasteiger charge is 2.48.